The van der Waals surface area contributed by atoms with E-state index in [1.807, 2.05) is 26.0 Å². The van der Waals surface area contributed by atoms with Crippen LogP contribution in [0.4, 0.5) is 5.69 Å². The van der Waals surface area contributed by atoms with Crippen LogP contribution in [-0.2, 0) is 4.79 Å². The molecule has 0 saturated carbocycles. The predicted molar refractivity (Wildman–Crippen MR) is 102 cm³/mol. The molecule has 3 N–H and O–H groups in total. The Labute approximate surface area is 164 Å². The Balaban J connectivity index is 1.69. The van der Waals surface area contributed by atoms with Gasteiger partial charge in [0, 0.05) is 10.7 Å². The van der Waals surface area contributed by atoms with Crippen molar-refractivity contribution in [2.75, 3.05) is 16.9 Å². The number of nitrogen functional groups attached to an aromatic ring is 1. The van der Waals surface area contributed by atoms with Gasteiger partial charge in [0.25, 0.3) is 5.95 Å². The predicted octanol–water partition coefficient (Wildman–Crippen LogP) is 2.05. The maximum absolute atomic E-state index is 12.2. The molecule has 3 rings (SSSR count). The van der Waals surface area contributed by atoms with Crippen molar-refractivity contribution in [2.45, 2.75) is 19.0 Å². The third-order valence-electron chi connectivity index (χ3n) is 3.55. The topological polar surface area (TPSA) is 127 Å². The summed E-state index contributed by atoms with van der Waals surface area (Å²) in [6.07, 6.45) is 0. The van der Waals surface area contributed by atoms with Crippen molar-refractivity contribution >= 4 is 35.0 Å². The molecule has 2 aromatic heterocycles. The van der Waals surface area contributed by atoms with Crippen LogP contribution in [0.1, 0.15) is 17.0 Å². The van der Waals surface area contributed by atoms with E-state index in [2.05, 4.69) is 20.6 Å². The van der Waals surface area contributed by atoms with E-state index in [-0.39, 0.29) is 11.7 Å². The molecule has 0 bridgehead atoms. The van der Waals surface area contributed by atoms with E-state index in [4.69, 9.17) is 22.7 Å². The number of hydrogen-bond donors (Lipinski definition) is 2. The van der Waals surface area contributed by atoms with Crippen molar-refractivity contribution < 1.29 is 4.79 Å². The zero-order valence-corrected chi connectivity index (χ0v) is 16.0. The molecule has 0 aliphatic heterocycles. The van der Waals surface area contributed by atoms with Gasteiger partial charge in [-0.1, -0.05) is 23.4 Å². The maximum atomic E-state index is 12.2. The van der Waals surface area contributed by atoms with Crippen LogP contribution in [0, 0.1) is 25.2 Å². The molecule has 0 aliphatic rings. The van der Waals surface area contributed by atoms with Crippen LogP contribution < -0.4 is 11.2 Å². The van der Waals surface area contributed by atoms with Crippen LogP contribution >= 0.6 is 23.4 Å². The number of benzene rings is 1. The molecule has 0 fully saturated rings. The van der Waals surface area contributed by atoms with Gasteiger partial charge in [-0.25, -0.2) is 9.36 Å². The number of thioether (sulfide) groups is 1. The second kappa shape index (κ2) is 7.69. The van der Waals surface area contributed by atoms with Gasteiger partial charge in [0.2, 0.25) is 11.1 Å². The van der Waals surface area contributed by atoms with Crippen molar-refractivity contribution in [1.82, 2.24) is 24.7 Å². The molecule has 0 spiro atoms. The Kier molecular flexibility index (Phi) is 5.34. The lowest BCUT2D eigenvalue weighted by Gasteiger charge is -2.07. The SMILES string of the molecule is Cc1cc(C)n(-c2nnc(SCC(=O)Nc3cc(Cl)ccc3C#N)n2N)n1. The fourth-order valence-electron chi connectivity index (χ4n) is 2.38. The van der Waals surface area contributed by atoms with Gasteiger partial charge >= 0.3 is 0 Å². The number of nitriles is 1. The maximum Gasteiger partial charge on any atom is 0.271 e. The molecule has 1 aromatic carbocycles. The number of carbonyl (C=O) groups is 1. The number of nitrogens with one attached hydrogen (secondary N) is 1. The molecule has 1 amide bonds. The third-order valence-corrected chi connectivity index (χ3v) is 4.73. The highest BCUT2D eigenvalue weighted by Gasteiger charge is 2.16. The summed E-state index contributed by atoms with van der Waals surface area (Å²) in [5, 5.41) is 24.9. The fourth-order valence-corrected chi connectivity index (χ4v) is 3.20. The van der Waals surface area contributed by atoms with Gasteiger partial charge in [-0.05, 0) is 38.1 Å². The molecule has 3 aromatic rings. The van der Waals surface area contributed by atoms with Crippen molar-refractivity contribution in [3.63, 3.8) is 0 Å². The summed E-state index contributed by atoms with van der Waals surface area (Å²) in [5.74, 6) is 6.09. The van der Waals surface area contributed by atoms with E-state index >= 15 is 0 Å². The summed E-state index contributed by atoms with van der Waals surface area (Å²) in [5.41, 5.74) is 2.38. The lowest BCUT2D eigenvalue weighted by Crippen LogP contribution is -2.19. The van der Waals surface area contributed by atoms with Crippen molar-refractivity contribution in [2.24, 2.45) is 0 Å². The molecule has 0 aliphatic carbocycles. The molecular weight excluding hydrogens is 388 g/mol. The standard InChI is InChI=1S/C16H15ClN8OS/c1-9-5-10(2)25(23-9)15-21-22-16(24(15)19)27-8-14(26)20-13-6-12(17)4-3-11(13)7-18/h3-6H,8,19H2,1-2H3,(H,20,26). The number of carbonyl (C=O) groups excluding carboxylic acids is 1. The van der Waals surface area contributed by atoms with Gasteiger partial charge in [-0.2, -0.15) is 10.4 Å². The molecule has 138 valence electrons. The van der Waals surface area contributed by atoms with Crippen LogP contribution in [0.25, 0.3) is 5.95 Å². The van der Waals surface area contributed by atoms with Crippen molar-refractivity contribution in [3.8, 4) is 12.0 Å². The summed E-state index contributed by atoms with van der Waals surface area (Å²) in [6, 6.07) is 8.55. The van der Waals surface area contributed by atoms with Gasteiger partial charge in [0.05, 0.1) is 22.7 Å². The smallest absolute Gasteiger partial charge is 0.271 e. The first-order valence-electron chi connectivity index (χ1n) is 7.75. The van der Waals surface area contributed by atoms with Gasteiger partial charge < -0.3 is 11.2 Å². The first-order valence-corrected chi connectivity index (χ1v) is 9.12. The molecule has 11 heteroatoms. The summed E-state index contributed by atoms with van der Waals surface area (Å²) < 4.78 is 2.86. The van der Waals surface area contributed by atoms with Crippen LogP contribution in [0.15, 0.2) is 29.4 Å². The Morgan fingerprint density at radius 2 is 2.15 bits per heavy atom. The summed E-state index contributed by atoms with van der Waals surface area (Å²) in [6.45, 7) is 3.75. The molecule has 0 unspecified atom stereocenters. The average Bonchev–Trinajstić information content (AvgIpc) is 3.14. The normalized spacial score (nSPS) is 10.6. The van der Waals surface area contributed by atoms with Crippen LogP contribution in [0.3, 0.4) is 0 Å². The van der Waals surface area contributed by atoms with Crippen molar-refractivity contribution in [1.29, 1.82) is 5.26 Å². The molecule has 2 heterocycles. The third kappa shape index (κ3) is 4.05. The number of hydrogen-bond acceptors (Lipinski definition) is 7. The van der Waals surface area contributed by atoms with E-state index in [0.29, 0.717) is 27.4 Å². The van der Waals surface area contributed by atoms with E-state index in [9.17, 15) is 4.79 Å². The van der Waals surface area contributed by atoms with E-state index in [0.717, 1.165) is 23.1 Å². The highest BCUT2D eigenvalue weighted by molar-refractivity contribution is 7.99. The number of nitrogens with two attached hydrogens (primary N) is 1. The quantitative estimate of drug-likeness (QED) is 0.493. The summed E-state index contributed by atoms with van der Waals surface area (Å²) in [4.78, 5) is 12.2. The molecule has 0 atom stereocenters. The average molecular weight is 403 g/mol. The second-order valence-corrected chi connectivity index (χ2v) is 7.01. The number of rotatable bonds is 5. The first kappa shape index (κ1) is 18.8. The van der Waals surface area contributed by atoms with E-state index in [1.165, 1.54) is 10.7 Å². The molecule has 0 saturated heterocycles. The molecule has 0 radical (unpaired) electrons. The zero-order chi connectivity index (χ0) is 19.6. The minimum absolute atomic E-state index is 0.0316. The Hall–Kier alpha value is -3.03. The highest BCUT2D eigenvalue weighted by Crippen LogP contribution is 2.22. The zero-order valence-electron chi connectivity index (χ0n) is 14.5. The number of anilines is 1. The number of aryl methyl sites for hydroxylation is 2. The molecule has 27 heavy (non-hydrogen) atoms. The number of nitrogens with zero attached hydrogens (tertiary/aromatic N) is 6. The second-order valence-electron chi connectivity index (χ2n) is 5.63. The van der Waals surface area contributed by atoms with Crippen LogP contribution in [-0.4, -0.2) is 36.3 Å². The molecular formula is C16H15ClN8OS. The highest BCUT2D eigenvalue weighted by atomic mass is 35.5. The Morgan fingerprint density at radius 3 is 2.81 bits per heavy atom. The summed E-state index contributed by atoms with van der Waals surface area (Å²) in [7, 11) is 0. The largest absolute Gasteiger partial charge is 0.334 e. The number of aromatic nitrogens is 5. The number of amides is 1. The minimum atomic E-state index is -0.325. The van der Waals surface area contributed by atoms with Gasteiger partial charge in [-0.15, -0.1) is 10.2 Å². The molecule has 9 nitrogen and oxygen atoms in total. The lowest BCUT2D eigenvalue weighted by molar-refractivity contribution is -0.113. The van der Waals surface area contributed by atoms with Crippen LogP contribution in [0.5, 0.6) is 0 Å². The Morgan fingerprint density at radius 1 is 1.37 bits per heavy atom. The van der Waals surface area contributed by atoms with E-state index < -0.39 is 0 Å². The van der Waals surface area contributed by atoms with E-state index in [1.54, 1.807) is 16.8 Å². The van der Waals surface area contributed by atoms with Crippen LogP contribution in [0.2, 0.25) is 5.02 Å². The summed E-state index contributed by atoms with van der Waals surface area (Å²) >= 11 is 7.03. The van der Waals surface area contributed by atoms with Crippen molar-refractivity contribution in [3.05, 3.63) is 46.2 Å². The van der Waals surface area contributed by atoms with Gasteiger partial charge in [-0.3, -0.25) is 4.79 Å². The lowest BCUT2D eigenvalue weighted by atomic mass is 10.2. The minimum Gasteiger partial charge on any atom is -0.334 e. The number of halogens is 1. The fraction of sp³-hybridized carbons (Fsp3) is 0.188. The first-order chi connectivity index (χ1) is 12.9. The Bertz CT molecular complexity index is 1050. The monoisotopic (exact) mass is 402 g/mol. The van der Waals surface area contributed by atoms with Gasteiger partial charge in [0.15, 0.2) is 0 Å². The van der Waals surface area contributed by atoms with Gasteiger partial charge in [0.1, 0.15) is 6.07 Å².